The van der Waals surface area contributed by atoms with E-state index in [9.17, 15) is 0 Å². The molecule has 13 heavy (non-hydrogen) atoms. The van der Waals surface area contributed by atoms with Crippen LogP contribution >= 0.6 is 15.9 Å². The van der Waals surface area contributed by atoms with Crippen LogP contribution in [0.1, 0.15) is 5.56 Å². The van der Waals surface area contributed by atoms with E-state index >= 15 is 0 Å². The van der Waals surface area contributed by atoms with Gasteiger partial charge >= 0.3 is 0 Å². The molecule has 0 aliphatic carbocycles. The summed E-state index contributed by atoms with van der Waals surface area (Å²) in [5.74, 6) is 0. The number of hydrogen-bond donors (Lipinski definition) is 1. The zero-order valence-corrected chi connectivity index (χ0v) is 8.76. The van der Waals surface area contributed by atoms with Crippen LogP contribution < -0.4 is 0 Å². The van der Waals surface area contributed by atoms with Gasteiger partial charge in [-0.1, -0.05) is 28.1 Å². The fraction of sp³-hybridized carbons (Fsp3) is 0.0909. The lowest BCUT2D eigenvalue weighted by molar-refractivity contribution is 1.29. The van der Waals surface area contributed by atoms with E-state index in [2.05, 4.69) is 45.7 Å². The average molecular weight is 236 g/mol. The molecule has 2 aromatic rings. The van der Waals surface area contributed by atoms with E-state index in [1.165, 1.54) is 16.5 Å². The molecule has 0 aliphatic rings. The average Bonchev–Trinajstić information content (AvgIpc) is 2.49. The molecule has 0 atom stereocenters. The molecule has 0 saturated heterocycles. The number of rotatable bonds is 2. The molecule has 0 fully saturated rings. The number of allylic oxidation sites excluding steroid dienone is 1. The molecule has 2 rings (SSSR count). The van der Waals surface area contributed by atoms with Crippen molar-refractivity contribution < 1.29 is 0 Å². The monoisotopic (exact) mass is 235 g/mol. The second-order valence-electron chi connectivity index (χ2n) is 3.00. The van der Waals surface area contributed by atoms with E-state index < -0.39 is 0 Å². The second-order valence-corrected chi connectivity index (χ2v) is 3.91. The lowest BCUT2D eigenvalue weighted by Gasteiger charge is -1.94. The Labute approximate surface area is 85.6 Å². The van der Waals surface area contributed by atoms with Gasteiger partial charge in [0.2, 0.25) is 0 Å². The zero-order chi connectivity index (χ0) is 9.26. The largest absolute Gasteiger partial charge is 0.361 e. The lowest BCUT2D eigenvalue weighted by Crippen LogP contribution is -1.75. The van der Waals surface area contributed by atoms with Crippen LogP contribution in [0.5, 0.6) is 0 Å². The van der Waals surface area contributed by atoms with Crippen molar-refractivity contribution in [2.45, 2.75) is 6.42 Å². The summed E-state index contributed by atoms with van der Waals surface area (Å²) >= 11 is 3.44. The molecule has 66 valence electrons. The molecular weight excluding hydrogens is 226 g/mol. The molecule has 1 aromatic carbocycles. The van der Waals surface area contributed by atoms with Gasteiger partial charge in [0.15, 0.2) is 0 Å². The van der Waals surface area contributed by atoms with Crippen LogP contribution in [-0.2, 0) is 6.42 Å². The number of hydrogen-bond acceptors (Lipinski definition) is 0. The summed E-state index contributed by atoms with van der Waals surface area (Å²) in [7, 11) is 0. The van der Waals surface area contributed by atoms with Gasteiger partial charge < -0.3 is 4.98 Å². The van der Waals surface area contributed by atoms with Crippen molar-refractivity contribution in [2.75, 3.05) is 0 Å². The summed E-state index contributed by atoms with van der Waals surface area (Å²) in [5, 5.41) is 1.28. The number of aromatic amines is 1. The number of halogens is 1. The van der Waals surface area contributed by atoms with Crippen LogP contribution in [0.4, 0.5) is 0 Å². The SMILES string of the molecule is C=CCc1c[nH]c2cc(Br)ccc12. The van der Waals surface area contributed by atoms with Gasteiger partial charge in [-0.05, 0) is 24.1 Å². The maximum absolute atomic E-state index is 3.74. The summed E-state index contributed by atoms with van der Waals surface area (Å²) in [6.45, 7) is 3.74. The zero-order valence-electron chi connectivity index (χ0n) is 7.18. The Kier molecular flexibility index (Phi) is 2.23. The fourth-order valence-corrected chi connectivity index (χ4v) is 1.84. The quantitative estimate of drug-likeness (QED) is 0.766. The highest BCUT2D eigenvalue weighted by Crippen LogP contribution is 2.22. The summed E-state index contributed by atoms with van der Waals surface area (Å²) in [5.41, 5.74) is 2.48. The van der Waals surface area contributed by atoms with Crippen molar-refractivity contribution in [1.82, 2.24) is 4.98 Å². The van der Waals surface area contributed by atoms with Crippen LogP contribution in [0.25, 0.3) is 10.9 Å². The Hall–Kier alpha value is -1.02. The number of fused-ring (bicyclic) bond motifs is 1. The van der Waals surface area contributed by atoms with Crippen LogP contribution in [0.3, 0.4) is 0 Å². The Balaban J connectivity index is 2.61. The van der Waals surface area contributed by atoms with Crippen LogP contribution in [0.2, 0.25) is 0 Å². The third kappa shape index (κ3) is 1.54. The first-order valence-corrected chi connectivity index (χ1v) is 4.97. The predicted octanol–water partition coefficient (Wildman–Crippen LogP) is 3.66. The molecule has 0 spiro atoms. The number of nitrogens with one attached hydrogen (secondary N) is 1. The van der Waals surface area contributed by atoms with Gasteiger partial charge in [0.05, 0.1) is 0 Å². The van der Waals surface area contributed by atoms with Gasteiger partial charge in [-0.25, -0.2) is 0 Å². The van der Waals surface area contributed by atoms with Gasteiger partial charge in [0, 0.05) is 21.6 Å². The predicted molar refractivity (Wildman–Crippen MR) is 59.9 cm³/mol. The normalized spacial score (nSPS) is 10.5. The van der Waals surface area contributed by atoms with Gasteiger partial charge in [0.1, 0.15) is 0 Å². The Bertz CT molecular complexity index is 442. The van der Waals surface area contributed by atoms with Crippen molar-refractivity contribution >= 4 is 26.8 Å². The lowest BCUT2D eigenvalue weighted by atomic mass is 10.1. The molecular formula is C11H10BrN. The van der Waals surface area contributed by atoms with E-state index in [0.29, 0.717) is 0 Å². The van der Waals surface area contributed by atoms with E-state index in [1.807, 2.05) is 12.3 Å². The molecule has 1 heterocycles. The Morgan fingerprint density at radius 3 is 3.08 bits per heavy atom. The van der Waals surface area contributed by atoms with Gasteiger partial charge in [-0.3, -0.25) is 0 Å². The second kappa shape index (κ2) is 3.38. The first-order chi connectivity index (χ1) is 6.31. The Morgan fingerprint density at radius 1 is 1.46 bits per heavy atom. The van der Waals surface area contributed by atoms with E-state index in [0.717, 1.165) is 10.9 Å². The maximum Gasteiger partial charge on any atom is 0.0468 e. The topological polar surface area (TPSA) is 15.8 Å². The highest BCUT2D eigenvalue weighted by molar-refractivity contribution is 9.10. The number of benzene rings is 1. The molecule has 0 aliphatic heterocycles. The minimum absolute atomic E-state index is 0.918. The minimum atomic E-state index is 0.918. The minimum Gasteiger partial charge on any atom is -0.361 e. The Morgan fingerprint density at radius 2 is 2.31 bits per heavy atom. The molecule has 1 aromatic heterocycles. The van der Waals surface area contributed by atoms with E-state index in [-0.39, 0.29) is 0 Å². The van der Waals surface area contributed by atoms with Crippen molar-refractivity contribution in [3.63, 3.8) is 0 Å². The number of aromatic nitrogens is 1. The van der Waals surface area contributed by atoms with Gasteiger partial charge in [-0.2, -0.15) is 0 Å². The smallest absolute Gasteiger partial charge is 0.0468 e. The van der Waals surface area contributed by atoms with Gasteiger partial charge in [0.25, 0.3) is 0 Å². The maximum atomic E-state index is 3.74. The third-order valence-electron chi connectivity index (χ3n) is 2.09. The molecule has 2 heteroatoms. The third-order valence-corrected chi connectivity index (χ3v) is 2.59. The van der Waals surface area contributed by atoms with Crippen molar-refractivity contribution in [2.24, 2.45) is 0 Å². The van der Waals surface area contributed by atoms with Crippen LogP contribution in [0, 0.1) is 0 Å². The summed E-state index contributed by atoms with van der Waals surface area (Å²) in [4.78, 5) is 3.24. The first-order valence-electron chi connectivity index (χ1n) is 4.17. The van der Waals surface area contributed by atoms with Crippen molar-refractivity contribution in [3.8, 4) is 0 Å². The molecule has 0 radical (unpaired) electrons. The van der Waals surface area contributed by atoms with Crippen molar-refractivity contribution in [3.05, 3.63) is 47.1 Å². The summed E-state index contributed by atoms with van der Waals surface area (Å²) < 4.78 is 1.10. The van der Waals surface area contributed by atoms with Crippen molar-refractivity contribution in [1.29, 1.82) is 0 Å². The van der Waals surface area contributed by atoms with E-state index in [4.69, 9.17) is 0 Å². The molecule has 0 bridgehead atoms. The molecule has 1 N–H and O–H groups in total. The molecule has 0 unspecified atom stereocenters. The highest BCUT2D eigenvalue weighted by Gasteiger charge is 2.01. The van der Waals surface area contributed by atoms with Crippen LogP contribution in [0.15, 0.2) is 41.5 Å². The number of H-pyrrole nitrogens is 1. The van der Waals surface area contributed by atoms with E-state index in [1.54, 1.807) is 0 Å². The standard InChI is InChI=1S/C11H10BrN/c1-2-3-8-7-13-11-6-9(12)4-5-10(8)11/h2,4-7,13H,1,3H2. The fourth-order valence-electron chi connectivity index (χ4n) is 1.48. The first kappa shape index (κ1) is 8.57. The summed E-state index contributed by atoms with van der Waals surface area (Å²) in [6.07, 6.45) is 4.88. The highest BCUT2D eigenvalue weighted by atomic mass is 79.9. The molecule has 1 nitrogen and oxygen atoms in total. The molecule has 0 amide bonds. The molecule has 0 saturated carbocycles. The summed E-state index contributed by atoms with van der Waals surface area (Å²) in [6, 6.07) is 6.26. The van der Waals surface area contributed by atoms with Gasteiger partial charge in [-0.15, -0.1) is 6.58 Å². The van der Waals surface area contributed by atoms with Crippen LogP contribution in [-0.4, -0.2) is 4.98 Å².